The van der Waals surface area contributed by atoms with E-state index in [9.17, 15) is 4.79 Å². The Bertz CT molecular complexity index is 502. The van der Waals surface area contributed by atoms with E-state index < -0.39 is 0 Å². The van der Waals surface area contributed by atoms with Gasteiger partial charge in [-0.1, -0.05) is 12.1 Å². The number of aryl methyl sites for hydroxylation is 1. The summed E-state index contributed by atoms with van der Waals surface area (Å²) in [5.41, 5.74) is 0. The molecule has 1 N–H and O–H groups in total. The number of nitrogens with zero attached hydrogens (tertiary/aromatic N) is 3. The van der Waals surface area contributed by atoms with E-state index in [0.29, 0.717) is 23.4 Å². The van der Waals surface area contributed by atoms with Crippen LogP contribution >= 0.6 is 0 Å². The van der Waals surface area contributed by atoms with E-state index in [4.69, 9.17) is 4.52 Å². The number of aromatic nitrogens is 1. The van der Waals surface area contributed by atoms with Crippen LogP contribution in [0, 0.1) is 18.8 Å². The van der Waals surface area contributed by atoms with Crippen molar-refractivity contribution in [2.45, 2.75) is 26.3 Å². The minimum atomic E-state index is -0.0714. The Morgan fingerprint density at radius 3 is 2.62 bits per heavy atom. The number of carbonyl (C=O) groups is 1. The molecule has 21 heavy (non-hydrogen) atoms. The van der Waals surface area contributed by atoms with Gasteiger partial charge < -0.3 is 14.7 Å². The summed E-state index contributed by atoms with van der Waals surface area (Å²) < 4.78 is 4.99. The van der Waals surface area contributed by atoms with Crippen LogP contribution in [0.1, 0.15) is 19.1 Å². The number of nitrogens with one attached hydrogen (secondary N) is 1. The first kappa shape index (κ1) is 14.5. The maximum absolute atomic E-state index is 12.5. The summed E-state index contributed by atoms with van der Waals surface area (Å²) in [7, 11) is 2.18. The molecule has 2 aliphatic rings. The third-order valence-corrected chi connectivity index (χ3v) is 4.71. The quantitative estimate of drug-likeness (QED) is 0.903. The molecule has 1 aromatic heterocycles. The van der Waals surface area contributed by atoms with Crippen molar-refractivity contribution in [1.29, 1.82) is 0 Å². The van der Waals surface area contributed by atoms with Crippen molar-refractivity contribution in [3.63, 3.8) is 0 Å². The number of anilines is 1. The molecule has 6 nitrogen and oxygen atoms in total. The summed E-state index contributed by atoms with van der Waals surface area (Å²) in [4.78, 5) is 17.2. The van der Waals surface area contributed by atoms with Gasteiger partial charge >= 0.3 is 0 Å². The summed E-state index contributed by atoms with van der Waals surface area (Å²) >= 11 is 0. The van der Waals surface area contributed by atoms with E-state index in [2.05, 4.69) is 34.2 Å². The maximum Gasteiger partial charge on any atom is 0.242 e. The molecule has 2 fully saturated rings. The average Bonchev–Trinajstić information content (AvgIpc) is 3.05. The minimum Gasteiger partial charge on any atom is -0.360 e. The standard InChI is InChI=1S/C15H24N4O2/c1-4-13(15(20)16-14-5-10(2)21-17-14)19-8-11-6-18(3)7-12(11)9-19/h5,11-13H,4,6-9H2,1-3H3,(H,16,17,20)/t11-,12+,13?. The monoisotopic (exact) mass is 292 g/mol. The van der Waals surface area contributed by atoms with E-state index >= 15 is 0 Å². The van der Waals surface area contributed by atoms with Gasteiger partial charge in [0, 0.05) is 32.2 Å². The zero-order valence-corrected chi connectivity index (χ0v) is 13.0. The molecule has 0 saturated carbocycles. The third kappa shape index (κ3) is 2.96. The lowest BCUT2D eigenvalue weighted by Gasteiger charge is -2.26. The molecular formula is C15H24N4O2. The fraction of sp³-hybridized carbons (Fsp3) is 0.733. The fourth-order valence-corrected chi connectivity index (χ4v) is 3.76. The van der Waals surface area contributed by atoms with Crippen molar-refractivity contribution < 1.29 is 9.32 Å². The lowest BCUT2D eigenvalue weighted by atomic mass is 10.0. The number of likely N-dealkylation sites (tertiary alicyclic amines) is 2. The van der Waals surface area contributed by atoms with Gasteiger partial charge in [0.2, 0.25) is 5.91 Å². The fourth-order valence-electron chi connectivity index (χ4n) is 3.76. The summed E-state index contributed by atoms with van der Waals surface area (Å²) in [5.74, 6) is 2.67. The van der Waals surface area contributed by atoms with Gasteiger partial charge in [-0.15, -0.1) is 0 Å². The second kappa shape index (κ2) is 5.77. The van der Waals surface area contributed by atoms with E-state index in [1.165, 1.54) is 0 Å². The molecule has 2 aliphatic heterocycles. The minimum absolute atomic E-state index is 0.0270. The van der Waals surface area contributed by atoms with Gasteiger partial charge in [0.25, 0.3) is 0 Å². The van der Waals surface area contributed by atoms with Crippen molar-refractivity contribution in [2.24, 2.45) is 11.8 Å². The van der Waals surface area contributed by atoms with Crippen LogP contribution in [-0.4, -0.2) is 60.1 Å². The normalized spacial score (nSPS) is 27.8. The molecule has 1 amide bonds. The number of hydrogen-bond donors (Lipinski definition) is 1. The molecule has 0 radical (unpaired) electrons. The highest BCUT2D eigenvalue weighted by Gasteiger charge is 2.42. The Labute approximate surface area is 125 Å². The number of hydrogen-bond acceptors (Lipinski definition) is 5. The molecule has 1 aromatic rings. The van der Waals surface area contributed by atoms with Gasteiger partial charge in [-0.05, 0) is 32.2 Å². The molecule has 3 rings (SSSR count). The number of carbonyl (C=O) groups excluding carboxylic acids is 1. The van der Waals surface area contributed by atoms with Crippen molar-refractivity contribution in [3.05, 3.63) is 11.8 Å². The first-order chi connectivity index (χ1) is 10.1. The predicted molar refractivity (Wildman–Crippen MR) is 80.0 cm³/mol. The largest absolute Gasteiger partial charge is 0.360 e. The van der Waals surface area contributed by atoms with Gasteiger partial charge in [0.05, 0.1) is 6.04 Å². The van der Waals surface area contributed by atoms with Crippen LogP contribution in [0.5, 0.6) is 0 Å². The Hall–Kier alpha value is -1.40. The highest BCUT2D eigenvalue weighted by atomic mass is 16.5. The second-order valence-electron chi connectivity index (χ2n) is 6.43. The highest BCUT2D eigenvalue weighted by molar-refractivity contribution is 5.94. The van der Waals surface area contributed by atoms with Gasteiger partial charge in [0.15, 0.2) is 5.82 Å². The molecule has 0 aromatic carbocycles. The van der Waals surface area contributed by atoms with Crippen LogP contribution in [0.3, 0.4) is 0 Å². The smallest absolute Gasteiger partial charge is 0.242 e. The number of rotatable bonds is 4. The van der Waals surface area contributed by atoms with Crippen molar-refractivity contribution in [1.82, 2.24) is 15.0 Å². The van der Waals surface area contributed by atoms with Gasteiger partial charge in [0.1, 0.15) is 5.76 Å². The topological polar surface area (TPSA) is 61.6 Å². The Morgan fingerprint density at radius 2 is 2.10 bits per heavy atom. The lowest BCUT2D eigenvalue weighted by Crippen LogP contribution is -2.43. The molecule has 6 heteroatoms. The van der Waals surface area contributed by atoms with E-state index in [0.717, 1.165) is 32.6 Å². The predicted octanol–water partition coefficient (Wildman–Crippen LogP) is 1.19. The van der Waals surface area contributed by atoms with Gasteiger partial charge in [-0.3, -0.25) is 9.69 Å². The van der Waals surface area contributed by atoms with Crippen molar-refractivity contribution >= 4 is 11.7 Å². The van der Waals surface area contributed by atoms with Crippen LogP contribution in [0.4, 0.5) is 5.82 Å². The van der Waals surface area contributed by atoms with Crippen LogP contribution < -0.4 is 5.32 Å². The molecule has 1 unspecified atom stereocenters. The zero-order chi connectivity index (χ0) is 15.0. The number of amides is 1. The SMILES string of the molecule is CCC(C(=O)Nc1cc(C)on1)N1C[C@H]2CN(C)C[C@H]2C1. The Balaban J connectivity index is 1.61. The maximum atomic E-state index is 12.5. The summed E-state index contributed by atoms with van der Waals surface area (Å²) in [6, 6.07) is 1.68. The molecule has 0 spiro atoms. The van der Waals surface area contributed by atoms with Gasteiger partial charge in [-0.2, -0.15) is 0 Å². The van der Waals surface area contributed by atoms with Crippen LogP contribution in [0.2, 0.25) is 0 Å². The molecule has 3 heterocycles. The van der Waals surface area contributed by atoms with E-state index in [-0.39, 0.29) is 11.9 Å². The zero-order valence-electron chi connectivity index (χ0n) is 13.0. The number of fused-ring (bicyclic) bond motifs is 1. The molecular weight excluding hydrogens is 268 g/mol. The molecule has 0 aliphatic carbocycles. The molecule has 0 bridgehead atoms. The first-order valence-electron chi connectivity index (χ1n) is 7.73. The van der Waals surface area contributed by atoms with Gasteiger partial charge in [-0.25, -0.2) is 0 Å². The summed E-state index contributed by atoms with van der Waals surface area (Å²) in [6.45, 7) is 8.25. The Kier molecular flexibility index (Phi) is 3.99. The molecule has 116 valence electrons. The third-order valence-electron chi connectivity index (χ3n) is 4.71. The summed E-state index contributed by atoms with van der Waals surface area (Å²) in [6.07, 6.45) is 0.817. The molecule has 2 saturated heterocycles. The highest BCUT2D eigenvalue weighted by Crippen LogP contribution is 2.32. The Morgan fingerprint density at radius 1 is 1.43 bits per heavy atom. The first-order valence-corrected chi connectivity index (χ1v) is 7.73. The van der Waals surface area contributed by atoms with Crippen LogP contribution in [0.15, 0.2) is 10.6 Å². The van der Waals surface area contributed by atoms with E-state index in [1.807, 2.05) is 6.92 Å². The van der Waals surface area contributed by atoms with Crippen LogP contribution in [-0.2, 0) is 4.79 Å². The lowest BCUT2D eigenvalue weighted by molar-refractivity contribution is -0.121. The van der Waals surface area contributed by atoms with Crippen LogP contribution in [0.25, 0.3) is 0 Å². The summed E-state index contributed by atoms with van der Waals surface area (Å²) in [5, 5.41) is 6.70. The van der Waals surface area contributed by atoms with E-state index in [1.54, 1.807) is 6.07 Å². The van der Waals surface area contributed by atoms with Crippen molar-refractivity contribution in [3.8, 4) is 0 Å². The second-order valence-corrected chi connectivity index (χ2v) is 6.43. The average molecular weight is 292 g/mol. The van der Waals surface area contributed by atoms with Crippen molar-refractivity contribution in [2.75, 3.05) is 38.5 Å². The molecule has 3 atom stereocenters.